The summed E-state index contributed by atoms with van der Waals surface area (Å²) in [7, 11) is 17.2. The molecule has 12 amide bonds. The Morgan fingerprint density at radius 2 is 0.803 bits per heavy atom. The van der Waals surface area contributed by atoms with Gasteiger partial charge in [-0.05, 0) is 116 Å². The van der Waals surface area contributed by atoms with Crippen LogP contribution < -0.4 is 27.0 Å². The first-order chi connectivity index (χ1) is 59.7. The molecule has 0 aliphatic carbocycles. The molecule has 0 aromatic carbocycles. The van der Waals surface area contributed by atoms with E-state index >= 15 is 0 Å². The summed E-state index contributed by atoms with van der Waals surface area (Å²) in [5.41, 5.74) is 5.20. The molecule has 0 radical (unpaired) electrons. The Bertz CT molecular complexity index is 3590. The van der Waals surface area contributed by atoms with Crippen molar-refractivity contribution in [2.45, 2.75) is 293 Å². The lowest BCUT2D eigenvalue weighted by Gasteiger charge is -2.41. The van der Waals surface area contributed by atoms with Crippen LogP contribution in [0.3, 0.4) is 0 Å². The third-order valence-electron chi connectivity index (χ3n) is 25.5. The maximum absolute atomic E-state index is 14.3. The summed E-state index contributed by atoms with van der Waals surface area (Å²) in [5, 5.41) is 20.0. The molecule has 4 rings (SSSR count). The van der Waals surface area contributed by atoms with Gasteiger partial charge in [-0.3, -0.25) is 96.3 Å². The van der Waals surface area contributed by atoms with Gasteiger partial charge in [0.05, 0.1) is 104 Å². The number of ether oxygens (including phenoxy) is 4. The van der Waals surface area contributed by atoms with Crippen LogP contribution in [0, 0.1) is 59.2 Å². The monoisotopic (exact) mass is 1800 g/mol. The van der Waals surface area contributed by atoms with Gasteiger partial charge in [-0.2, -0.15) is 0 Å². The highest BCUT2D eigenvalue weighted by atomic mass is 16.5. The minimum atomic E-state index is -0.751. The topological polar surface area (TPSA) is 430 Å². The summed E-state index contributed by atoms with van der Waals surface area (Å²) in [6.45, 7) is 32.8. The van der Waals surface area contributed by atoms with E-state index in [1.807, 2.05) is 121 Å². The average Bonchev–Trinajstić information content (AvgIpc) is 1.80. The van der Waals surface area contributed by atoms with E-state index in [2.05, 4.69) is 21.3 Å². The van der Waals surface area contributed by atoms with Gasteiger partial charge in [0.2, 0.25) is 47.3 Å². The SMILES string of the molecule is CC[C@H](C)[C@@H]([C@@H](CC(=O)N1CCC[C@H]1[C@H](OC)[C@@H](C)C(=O)N[C@@H](C)C(=O)CCCCCNC(=O)CCN1C(=O)C=CC1=O)OC)N(C)C(=O)[C@@H](CC(=O)[C@H](C(C)C)N(C)C)C(C)C.CC[C@H](C)[C@@H]([C@@H](CC(=O)N1CCC[C@H]1[C@H](OC)[C@@H](C)C(=O)N[C@@H](C)C(=O)CCO)OC)N(C)C(=O)[C@@H](CC(=O)[C@H](C(C)C)N(C)C)C(C)C.NCCNC(=O)CCN1C(=O)C=CC1=O. The first-order valence-electron chi connectivity index (χ1n) is 45.9. The highest BCUT2D eigenvalue weighted by Crippen LogP contribution is 2.35. The van der Waals surface area contributed by atoms with Crippen molar-refractivity contribution in [3.8, 4) is 0 Å². The smallest absolute Gasteiger partial charge is 0.253 e. The van der Waals surface area contributed by atoms with Crippen LogP contribution in [0.15, 0.2) is 24.3 Å². The molecule has 4 aliphatic rings. The number of carbonyl (C=O) groups is 16. The molecule has 0 unspecified atom stereocenters. The summed E-state index contributed by atoms with van der Waals surface area (Å²) in [5.74, 6) is -6.05. The van der Waals surface area contributed by atoms with E-state index in [0.717, 1.165) is 35.5 Å². The zero-order valence-electron chi connectivity index (χ0n) is 81.5. The lowest BCUT2D eigenvalue weighted by molar-refractivity contribution is -0.149. The molecular formula is C93H161N13O21. The van der Waals surface area contributed by atoms with Crippen molar-refractivity contribution in [1.82, 2.24) is 60.5 Å². The van der Waals surface area contributed by atoms with Crippen LogP contribution >= 0.6 is 0 Å². The first kappa shape index (κ1) is 115. The van der Waals surface area contributed by atoms with Gasteiger partial charge >= 0.3 is 0 Å². The summed E-state index contributed by atoms with van der Waals surface area (Å²) < 4.78 is 23.8. The van der Waals surface area contributed by atoms with Gasteiger partial charge < -0.3 is 70.7 Å². The molecule has 4 aliphatic heterocycles. The van der Waals surface area contributed by atoms with Gasteiger partial charge in [0.15, 0.2) is 23.1 Å². The Balaban J connectivity index is 0.000000752. The molecule has 4 heterocycles. The zero-order chi connectivity index (χ0) is 96.7. The number of aliphatic hydroxyl groups is 1. The molecule has 18 atom stereocenters. The van der Waals surface area contributed by atoms with Gasteiger partial charge in [-0.25, -0.2) is 0 Å². The second-order valence-electron chi connectivity index (χ2n) is 36.5. The molecule has 0 saturated carbocycles. The molecule has 34 nitrogen and oxygen atoms in total. The van der Waals surface area contributed by atoms with Crippen LogP contribution in [-0.4, -0.2) is 334 Å². The molecule has 34 heteroatoms. The molecule has 127 heavy (non-hydrogen) atoms. The van der Waals surface area contributed by atoms with Crippen molar-refractivity contribution in [2.75, 3.05) is 123 Å². The Kier molecular flexibility index (Phi) is 52.3. The average molecular weight is 1800 g/mol. The molecule has 0 aromatic heterocycles. The Labute approximate surface area is 756 Å². The minimum Gasteiger partial charge on any atom is -0.396 e. The second-order valence-corrected chi connectivity index (χ2v) is 36.5. The van der Waals surface area contributed by atoms with Gasteiger partial charge in [0.25, 0.3) is 23.6 Å². The standard InChI is InChI=1S/C47H80N6O10.C37H68N4O8.C9H13N3O3/c1-14-31(6)44(51(11)47(61)34(29(2)3)27-37(55)43(30(4)5)50(9)10)38(62-12)28-42(59)52-25-18-19-35(52)45(63-13)32(7)46(60)49-33(8)36(54)20-16-15-17-24-48-39(56)23-26-53-40(57)21-22-41(53)58;1-14-24(6)34(40(11)37(47)27(22(2)3)20-30(44)33(23(4)5)39(9)10)31(48-12)21-32(45)41-18-15-16-28(41)35(49-13)25(7)36(46)38-26(8)29(43)17-19-42;10-4-5-11-7(13)3-6-12-8(14)1-2-9(12)15/h21-22,29-35,38,43-45H,14-20,23-28H2,1-13H3,(H,48,56)(H,49,60);22-28,31,33-35,42H,14-21H2,1-13H3,(H,38,46);1-2H,3-6,10H2,(H,11,13)/t31-,32+,33-,34-,35-,38+,43-,44-,45+;24-,25+,26-,27-,28-,31+,33-,34-,35+;/m00./s1. The second kappa shape index (κ2) is 57.8. The van der Waals surface area contributed by atoms with Crippen LogP contribution in [0.5, 0.6) is 0 Å². The number of Topliss-reactive ketones (excluding diaryl/α,β-unsaturated/α-hetero) is 4. The number of amides is 12. The Hall–Kier alpha value is -8.12. The van der Waals surface area contributed by atoms with Crippen molar-refractivity contribution in [3.63, 3.8) is 0 Å². The molecule has 724 valence electrons. The zero-order valence-corrected chi connectivity index (χ0v) is 81.5. The fourth-order valence-corrected chi connectivity index (χ4v) is 17.9. The van der Waals surface area contributed by atoms with E-state index in [1.54, 1.807) is 75.6 Å². The van der Waals surface area contributed by atoms with Gasteiger partial charge in [0.1, 0.15) is 0 Å². The minimum absolute atomic E-state index is 0.000696. The third-order valence-corrected chi connectivity index (χ3v) is 25.5. The molecule has 2 saturated heterocycles. The predicted octanol–water partition coefficient (Wildman–Crippen LogP) is 5.35. The van der Waals surface area contributed by atoms with Crippen molar-refractivity contribution in [2.24, 2.45) is 64.9 Å². The van der Waals surface area contributed by atoms with E-state index < -0.39 is 90.1 Å². The fraction of sp³-hybridized carbons (Fsp3) is 0.785. The fourth-order valence-electron chi connectivity index (χ4n) is 17.9. The first-order valence-corrected chi connectivity index (χ1v) is 45.9. The van der Waals surface area contributed by atoms with E-state index in [1.165, 1.54) is 38.5 Å². The number of ketones is 4. The number of nitrogens with one attached hydrogen (secondary N) is 4. The number of hydrogen-bond donors (Lipinski definition) is 6. The normalized spacial score (nSPS) is 19.0. The van der Waals surface area contributed by atoms with Crippen LogP contribution in [0.2, 0.25) is 0 Å². The lowest BCUT2D eigenvalue weighted by atomic mass is 9.83. The number of hydrogen-bond acceptors (Lipinski definition) is 24. The molecule has 2 fully saturated rings. The summed E-state index contributed by atoms with van der Waals surface area (Å²) in [6.07, 6.45) is 9.03. The van der Waals surface area contributed by atoms with E-state index in [9.17, 15) is 76.7 Å². The quantitative estimate of drug-likeness (QED) is 0.0330. The summed E-state index contributed by atoms with van der Waals surface area (Å²) >= 11 is 0. The van der Waals surface area contributed by atoms with Crippen LogP contribution in [-0.2, 0) is 95.7 Å². The number of rotatable bonds is 56. The van der Waals surface area contributed by atoms with Gasteiger partial charge in [-0.1, -0.05) is 116 Å². The highest BCUT2D eigenvalue weighted by molar-refractivity contribution is 6.13. The number of methoxy groups -OCH3 is 4. The Morgan fingerprint density at radius 3 is 1.10 bits per heavy atom. The number of aliphatic hydroxyl groups excluding tert-OH is 1. The number of likely N-dealkylation sites (tertiary alicyclic amines) is 2. The number of carbonyl (C=O) groups excluding carboxylic acids is 16. The predicted molar refractivity (Wildman–Crippen MR) is 484 cm³/mol. The highest BCUT2D eigenvalue weighted by Gasteiger charge is 2.47. The summed E-state index contributed by atoms with van der Waals surface area (Å²) in [4.78, 5) is 217. The van der Waals surface area contributed by atoms with Gasteiger partial charge in [-0.15, -0.1) is 0 Å². The van der Waals surface area contributed by atoms with Crippen molar-refractivity contribution < 1.29 is 101 Å². The van der Waals surface area contributed by atoms with E-state index in [0.29, 0.717) is 64.8 Å². The van der Waals surface area contributed by atoms with Crippen LogP contribution in [0.4, 0.5) is 0 Å². The Morgan fingerprint density at radius 1 is 0.457 bits per heavy atom. The molecule has 7 N–H and O–H groups in total. The van der Waals surface area contributed by atoms with Crippen LogP contribution in [0.1, 0.15) is 220 Å². The van der Waals surface area contributed by atoms with Crippen molar-refractivity contribution >= 4 is 94.0 Å². The lowest BCUT2D eigenvalue weighted by Crippen LogP contribution is -2.54. The summed E-state index contributed by atoms with van der Waals surface area (Å²) in [6, 6.07) is -3.69. The molecule has 0 spiro atoms. The van der Waals surface area contributed by atoms with Crippen molar-refractivity contribution in [1.29, 1.82) is 0 Å². The number of nitrogens with two attached hydrogens (primary N) is 1. The number of likely N-dealkylation sites (N-methyl/N-ethyl adjacent to an activating group) is 4. The maximum Gasteiger partial charge on any atom is 0.253 e. The van der Waals surface area contributed by atoms with Crippen LogP contribution in [0.25, 0.3) is 0 Å². The molecule has 0 bridgehead atoms. The number of nitrogens with zero attached hydrogens (tertiary/aromatic N) is 8. The number of unbranched alkanes of at least 4 members (excludes halogenated alkanes) is 2. The van der Waals surface area contributed by atoms with Crippen molar-refractivity contribution in [3.05, 3.63) is 24.3 Å². The van der Waals surface area contributed by atoms with E-state index in [-0.39, 0.29) is 207 Å². The third kappa shape index (κ3) is 35.3. The molecular weight excluding hydrogens is 1640 g/mol. The number of imide groups is 2. The van der Waals surface area contributed by atoms with Gasteiger partial charge in [0, 0.05) is 163 Å². The molecule has 0 aromatic rings. The van der Waals surface area contributed by atoms with E-state index in [4.69, 9.17) is 29.8 Å². The maximum atomic E-state index is 14.3. The largest absolute Gasteiger partial charge is 0.396 e.